The Balaban J connectivity index is 1.81. The van der Waals surface area contributed by atoms with Gasteiger partial charge in [0.1, 0.15) is 25.4 Å². The number of hydrogen-bond donors (Lipinski definition) is 2. The monoisotopic (exact) mass is 741 g/mol. The Kier molecular flexibility index (Phi) is 13.7. The number of carbonyl (C=O) groups excluding carboxylic acids is 6. The number of hydrogen-bond acceptors (Lipinski definition) is 14. The number of esters is 5. The minimum atomic E-state index is -2.48. The van der Waals surface area contributed by atoms with Crippen LogP contribution in [0.3, 0.4) is 0 Å². The molecule has 0 saturated carbocycles. The lowest BCUT2D eigenvalue weighted by Gasteiger charge is -2.48. The first-order valence-electron chi connectivity index (χ1n) is 16.9. The van der Waals surface area contributed by atoms with Crippen LogP contribution < -0.4 is 5.32 Å². The zero-order valence-corrected chi connectivity index (χ0v) is 30.0. The van der Waals surface area contributed by atoms with Crippen LogP contribution in [0, 0.1) is 0 Å². The lowest BCUT2D eigenvalue weighted by atomic mass is 9.87. The smallest absolute Gasteiger partial charge is 0.367 e. The van der Waals surface area contributed by atoms with Gasteiger partial charge in [-0.3, -0.25) is 28.8 Å². The van der Waals surface area contributed by atoms with Crippen molar-refractivity contribution in [1.82, 2.24) is 5.32 Å². The van der Waals surface area contributed by atoms with Gasteiger partial charge < -0.3 is 43.6 Å². The SMILES string of the molecule is CC(=O)N[C@H]1[C@H]([C@H](OC(C)=O)[C@@H](COC(C)=O)OC(C)=O)O[C@@](OCCCC(=O)O)(C(=O)OCC2c3ccccc3-c3ccccc32)C[C@@H]1OC(C)=O. The molecule has 16 nitrogen and oxygen atoms in total. The number of carbonyl (C=O) groups is 7. The Morgan fingerprint density at radius 2 is 1.43 bits per heavy atom. The maximum atomic E-state index is 14.5. The molecule has 2 aliphatic rings. The zero-order valence-electron chi connectivity index (χ0n) is 30.0. The van der Waals surface area contributed by atoms with Gasteiger partial charge in [-0.2, -0.15) is 0 Å². The highest BCUT2D eigenvalue weighted by molar-refractivity contribution is 5.81. The molecular formula is C37H43NO15. The van der Waals surface area contributed by atoms with E-state index in [0.717, 1.165) is 56.9 Å². The standard InChI is InChI=1S/C37H43NO15/c1-20(39)38-33-30(50-22(3)41)17-37(49-16-10-15-32(44)45,53-35(33)34(52-24(5)43)31(51-23(4)42)19-47-21(2)40)36(46)48-18-29-27-13-8-6-11-25(27)26-12-7-9-14-28(26)29/h6-9,11-14,29-31,33-35H,10,15-19H2,1-5H3,(H,38,39)(H,44,45)/t30-,31+,33+,34+,35+,37+/m0/s1. The molecule has 2 aromatic carbocycles. The predicted octanol–water partition coefficient (Wildman–Crippen LogP) is 2.57. The van der Waals surface area contributed by atoms with Crippen LogP contribution in [0.15, 0.2) is 48.5 Å². The van der Waals surface area contributed by atoms with Crippen molar-refractivity contribution in [1.29, 1.82) is 0 Å². The van der Waals surface area contributed by atoms with Gasteiger partial charge in [0.15, 0.2) is 12.2 Å². The van der Waals surface area contributed by atoms with E-state index in [1.54, 1.807) is 0 Å². The first kappa shape index (κ1) is 40.4. The average Bonchev–Trinajstić information content (AvgIpc) is 3.40. The normalized spacial score (nSPS) is 21.5. The molecule has 1 aliphatic heterocycles. The minimum absolute atomic E-state index is 0.0922. The van der Waals surface area contributed by atoms with Gasteiger partial charge in [0.05, 0.1) is 19.1 Å². The van der Waals surface area contributed by atoms with Crippen LogP contribution in [-0.2, 0) is 66.7 Å². The molecule has 4 rings (SSSR count). The van der Waals surface area contributed by atoms with E-state index >= 15 is 0 Å². The van der Waals surface area contributed by atoms with Crippen molar-refractivity contribution < 1.29 is 71.8 Å². The summed E-state index contributed by atoms with van der Waals surface area (Å²) in [5, 5.41) is 11.9. The van der Waals surface area contributed by atoms with Crippen molar-refractivity contribution in [2.75, 3.05) is 19.8 Å². The van der Waals surface area contributed by atoms with E-state index in [-0.39, 0.29) is 26.1 Å². The quantitative estimate of drug-likeness (QED) is 0.144. The van der Waals surface area contributed by atoms with Gasteiger partial charge in [-0.25, -0.2) is 4.79 Å². The molecule has 1 amide bonds. The molecule has 0 radical (unpaired) electrons. The highest BCUT2D eigenvalue weighted by Gasteiger charge is 2.59. The highest BCUT2D eigenvalue weighted by atomic mass is 16.7. The summed E-state index contributed by atoms with van der Waals surface area (Å²) in [7, 11) is 0. The van der Waals surface area contributed by atoms with E-state index in [2.05, 4.69) is 5.32 Å². The van der Waals surface area contributed by atoms with Crippen LogP contribution in [-0.4, -0.2) is 103 Å². The van der Waals surface area contributed by atoms with Crippen molar-refractivity contribution in [3.8, 4) is 11.1 Å². The maximum Gasteiger partial charge on any atom is 0.367 e. The first-order chi connectivity index (χ1) is 25.1. The van der Waals surface area contributed by atoms with Crippen LogP contribution >= 0.6 is 0 Å². The molecule has 16 heteroatoms. The Morgan fingerprint density at radius 3 is 1.96 bits per heavy atom. The Bertz CT molecular complexity index is 1660. The molecule has 1 saturated heterocycles. The van der Waals surface area contributed by atoms with Crippen LogP contribution in [0.1, 0.15) is 70.9 Å². The van der Waals surface area contributed by atoms with Crippen LogP contribution in [0.2, 0.25) is 0 Å². The number of aliphatic carboxylic acids is 1. The summed E-state index contributed by atoms with van der Waals surface area (Å²) in [5.74, 6) is -9.20. The second kappa shape index (κ2) is 17.9. The van der Waals surface area contributed by atoms with E-state index in [1.807, 2.05) is 48.5 Å². The fourth-order valence-electron chi connectivity index (χ4n) is 6.56. The van der Waals surface area contributed by atoms with Gasteiger partial charge in [0, 0.05) is 47.0 Å². The molecule has 6 atom stereocenters. The van der Waals surface area contributed by atoms with Gasteiger partial charge in [-0.05, 0) is 28.7 Å². The fourth-order valence-corrected chi connectivity index (χ4v) is 6.56. The van der Waals surface area contributed by atoms with E-state index in [9.17, 15) is 38.7 Å². The van der Waals surface area contributed by atoms with Crippen molar-refractivity contribution in [3.05, 3.63) is 59.7 Å². The van der Waals surface area contributed by atoms with Crippen LogP contribution in [0.25, 0.3) is 11.1 Å². The molecule has 0 spiro atoms. The number of rotatable bonds is 16. The zero-order chi connectivity index (χ0) is 38.9. The minimum Gasteiger partial charge on any atom is -0.481 e. The number of benzene rings is 2. The molecule has 0 bridgehead atoms. The Morgan fingerprint density at radius 1 is 0.830 bits per heavy atom. The summed E-state index contributed by atoms with van der Waals surface area (Å²) >= 11 is 0. The molecule has 1 heterocycles. The van der Waals surface area contributed by atoms with Crippen molar-refractivity contribution in [2.45, 2.75) is 96.0 Å². The number of fused-ring (bicyclic) bond motifs is 3. The number of carboxylic acids is 1. The van der Waals surface area contributed by atoms with Gasteiger partial charge in [0.2, 0.25) is 5.91 Å². The second-order valence-electron chi connectivity index (χ2n) is 12.6. The van der Waals surface area contributed by atoms with E-state index in [4.69, 9.17) is 33.2 Å². The van der Waals surface area contributed by atoms with Gasteiger partial charge >= 0.3 is 35.8 Å². The maximum absolute atomic E-state index is 14.5. The van der Waals surface area contributed by atoms with E-state index < -0.39 is 96.9 Å². The summed E-state index contributed by atoms with van der Waals surface area (Å²) in [6, 6.07) is 13.9. The average molecular weight is 742 g/mol. The van der Waals surface area contributed by atoms with Gasteiger partial charge in [-0.15, -0.1) is 0 Å². The third kappa shape index (κ3) is 10.4. The molecule has 0 unspecified atom stereocenters. The summed E-state index contributed by atoms with van der Waals surface area (Å²) < 4.78 is 40.1. The number of ether oxygens (including phenoxy) is 7. The summed E-state index contributed by atoms with van der Waals surface area (Å²) in [6.07, 6.45) is -7.46. The van der Waals surface area contributed by atoms with Crippen molar-refractivity contribution in [2.24, 2.45) is 0 Å². The van der Waals surface area contributed by atoms with Crippen LogP contribution in [0.5, 0.6) is 0 Å². The fraction of sp³-hybridized carbons (Fsp3) is 0.486. The molecule has 1 aliphatic carbocycles. The first-order valence-corrected chi connectivity index (χ1v) is 16.9. The number of carboxylic acid groups (broad SMARTS) is 1. The van der Waals surface area contributed by atoms with Gasteiger partial charge in [-0.1, -0.05) is 48.5 Å². The van der Waals surface area contributed by atoms with Crippen LogP contribution in [0.4, 0.5) is 0 Å². The summed E-state index contributed by atoms with van der Waals surface area (Å²) in [5.41, 5.74) is 3.71. The van der Waals surface area contributed by atoms with E-state index in [1.165, 1.54) is 0 Å². The molecule has 53 heavy (non-hydrogen) atoms. The molecule has 0 aromatic heterocycles. The third-order valence-electron chi connectivity index (χ3n) is 8.52. The number of amides is 1. The molecule has 286 valence electrons. The molecular weight excluding hydrogens is 698 g/mol. The van der Waals surface area contributed by atoms with Crippen molar-refractivity contribution in [3.63, 3.8) is 0 Å². The Labute approximate surface area is 305 Å². The third-order valence-corrected chi connectivity index (χ3v) is 8.52. The summed E-state index contributed by atoms with van der Waals surface area (Å²) in [6.45, 7) is 4.18. The lowest BCUT2D eigenvalue weighted by molar-refractivity contribution is -0.315. The Hall–Kier alpha value is -5.35. The van der Waals surface area contributed by atoms with E-state index in [0.29, 0.717) is 0 Å². The molecule has 1 fully saturated rings. The van der Waals surface area contributed by atoms with Crippen molar-refractivity contribution >= 4 is 41.7 Å². The molecule has 2 aromatic rings. The summed E-state index contributed by atoms with van der Waals surface area (Å²) in [4.78, 5) is 87.5. The largest absolute Gasteiger partial charge is 0.481 e. The van der Waals surface area contributed by atoms with Gasteiger partial charge in [0.25, 0.3) is 5.79 Å². The lowest BCUT2D eigenvalue weighted by Crippen LogP contribution is -2.69. The second-order valence-corrected chi connectivity index (χ2v) is 12.6. The molecule has 2 N–H and O–H groups in total. The highest BCUT2D eigenvalue weighted by Crippen LogP contribution is 2.45. The topological polar surface area (TPSA) is 216 Å². The number of nitrogens with one attached hydrogen (secondary N) is 1. The predicted molar refractivity (Wildman–Crippen MR) is 181 cm³/mol.